The maximum atomic E-state index is 13.2. The summed E-state index contributed by atoms with van der Waals surface area (Å²) in [6, 6.07) is 9.93. The lowest BCUT2D eigenvalue weighted by Crippen LogP contribution is -2.40. The van der Waals surface area contributed by atoms with E-state index in [9.17, 15) is 4.57 Å². The van der Waals surface area contributed by atoms with Crippen LogP contribution < -0.4 is 5.30 Å². The zero-order chi connectivity index (χ0) is 12.6. The monoisotopic (exact) mass is 266 g/mol. The van der Waals surface area contributed by atoms with Crippen LogP contribution in [0.25, 0.3) is 0 Å². The fraction of sp³-hybridized carbons (Fsp3) is 0.571. The molecule has 4 heteroatoms. The second kappa shape index (κ2) is 4.80. The average molecular weight is 266 g/mol. The molecule has 0 spiro atoms. The Hall–Kier alpha value is -0.630. The lowest BCUT2D eigenvalue weighted by molar-refractivity contribution is -0.377. The Bertz CT molecular complexity index is 453. The average Bonchev–Trinajstić information content (AvgIpc) is 2.72. The SMILES string of the molecule is CC1OC(C[C@H]2CCC[P@]2(=O)c2ccccc2)O1. The molecule has 0 saturated carbocycles. The van der Waals surface area contributed by atoms with Crippen LogP contribution >= 0.6 is 7.14 Å². The first-order valence-corrected chi connectivity index (χ1v) is 8.60. The standard InChI is InChI=1S/C14H19O3P/c1-11-16-14(17-11)10-13-8-5-9-18(13,15)12-6-3-2-4-7-12/h2-4,6-7,11,13-14H,5,8-10H2,1H3/t11?,13-,14?,18+/m1/s1. The van der Waals surface area contributed by atoms with Gasteiger partial charge in [0.2, 0.25) is 0 Å². The van der Waals surface area contributed by atoms with Gasteiger partial charge in [0.15, 0.2) is 12.6 Å². The van der Waals surface area contributed by atoms with Gasteiger partial charge in [-0.2, -0.15) is 0 Å². The maximum Gasteiger partial charge on any atom is 0.164 e. The highest BCUT2D eigenvalue weighted by molar-refractivity contribution is 7.72. The molecule has 1 aromatic rings. The van der Waals surface area contributed by atoms with Gasteiger partial charge in [-0.15, -0.1) is 0 Å². The Labute approximate surface area is 108 Å². The first kappa shape index (κ1) is 12.4. The van der Waals surface area contributed by atoms with Crippen molar-refractivity contribution in [2.24, 2.45) is 0 Å². The smallest absolute Gasteiger partial charge is 0.164 e. The van der Waals surface area contributed by atoms with Crippen molar-refractivity contribution in [1.29, 1.82) is 0 Å². The van der Waals surface area contributed by atoms with Crippen molar-refractivity contribution in [2.75, 3.05) is 6.16 Å². The molecule has 3 nitrogen and oxygen atoms in total. The van der Waals surface area contributed by atoms with Gasteiger partial charge in [0, 0.05) is 23.5 Å². The zero-order valence-electron chi connectivity index (χ0n) is 10.6. The molecule has 0 amide bonds. The Morgan fingerprint density at radius 3 is 2.67 bits per heavy atom. The molecule has 2 fully saturated rings. The quantitative estimate of drug-likeness (QED) is 0.789. The number of benzene rings is 1. The van der Waals surface area contributed by atoms with E-state index in [2.05, 4.69) is 0 Å². The summed E-state index contributed by atoms with van der Waals surface area (Å²) in [5, 5.41) is 1.03. The lowest BCUT2D eigenvalue weighted by atomic mass is 10.2. The topological polar surface area (TPSA) is 35.5 Å². The molecule has 3 rings (SSSR count). The number of ether oxygens (including phenoxy) is 2. The summed E-state index contributed by atoms with van der Waals surface area (Å²) >= 11 is 0. The Morgan fingerprint density at radius 2 is 2.00 bits per heavy atom. The summed E-state index contributed by atoms with van der Waals surface area (Å²) in [5.41, 5.74) is 0.234. The highest BCUT2D eigenvalue weighted by Gasteiger charge is 2.42. The molecular formula is C14H19O3P. The molecule has 2 atom stereocenters. The van der Waals surface area contributed by atoms with Gasteiger partial charge in [-0.05, 0) is 19.8 Å². The third kappa shape index (κ3) is 2.16. The summed E-state index contributed by atoms with van der Waals surface area (Å²) in [5.74, 6) is 0. The highest BCUT2D eigenvalue weighted by atomic mass is 31.2. The summed E-state index contributed by atoms with van der Waals surface area (Å²) in [6.45, 7) is 1.89. The van der Waals surface area contributed by atoms with E-state index in [-0.39, 0.29) is 18.2 Å². The lowest BCUT2D eigenvalue weighted by Gasteiger charge is -2.36. The molecule has 98 valence electrons. The van der Waals surface area contributed by atoms with Crippen LogP contribution in [0.15, 0.2) is 30.3 Å². The Balaban J connectivity index is 1.76. The summed E-state index contributed by atoms with van der Waals surface area (Å²) in [7, 11) is -2.25. The fourth-order valence-electron chi connectivity index (χ4n) is 3.03. The van der Waals surface area contributed by atoms with E-state index in [4.69, 9.17) is 9.47 Å². The van der Waals surface area contributed by atoms with Gasteiger partial charge >= 0.3 is 0 Å². The van der Waals surface area contributed by atoms with E-state index in [1.165, 1.54) is 0 Å². The van der Waals surface area contributed by atoms with E-state index < -0.39 is 7.14 Å². The minimum absolute atomic E-state index is 0.0903. The molecule has 0 radical (unpaired) electrons. The van der Waals surface area contributed by atoms with E-state index in [0.717, 1.165) is 30.7 Å². The molecule has 0 aromatic heterocycles. The van der Waals surface area contributed by atoms with E-state index in [1.54, 1.807) is 0 Å². The third-order valence-corrected chi connectivity index (χ3v) is 7.76. The van der Waals surface area contributed by atoms with Crippen LogP contribution in [-0.2, 0) is 14.0 Å². The van der Waals surface area contributed by atoms with Crippen LogP contribution in [0.2, 0.25) is 0 Å². The normalized spacial score (nSPS) is 39.5. The predicted octanol–water partition coefficient (Wildman–Crippen LogP) is 2.95. The van der Waals surface area contributed by atoms with Crippen LogP contribution in [0.4, 0.5) is 0 Å². The predicted molar refractivity (Wildman–Crippen MR) is 71.6 cm³/mol. The summed E-state index contributed by atoms with van der Waals surface area (Å²) in [4.78, 5) is 0. The van der Waals surface area contributed by atoms with Crippen molar-refractivity contribution in [3.8, 4) is 0 Å². The van der Waals surface area contributed by atoms with Crippen LogP contribution in [0.3, 0.4) is 0 Å². The van der Waals surface area contributed by atoms with Crippen LogP contribution in [-0.4, -0.2) is 24.4 Å². The molecule has 1 aromatic carbocycles. The molecule has 2 aliphatic heterocycles. The molecule has 0 unspecified atom stereocenters. The summed E-state index contributed by atoms with van der Waals surface area (Å²) in [6.07, 6.45) is 3.47. The van der Waals surface area contributed by atoms with Gasteiger partial charge in [0.05, 0.1) is 0 Å². The first-order chi connectivity index (χ1) is 8.68. The van der Waals surface area contributed by atoms with E-state index in [1.807, 2.05) is 37.3 Å². The van der Waals surface area contributed by atoms with Crippen molar-refractivity contribution < 1.29 is 14.0 Å². The molecule has 2 aliphatic rings. The Morgan fingerprint density at radius 1 is 1.28 bits per heavy atom. The van der Waals surface area contributed by atoms with Gasteiger partial charge < -0.3 is 14.0 Å². The zero-order valence-corrected chi connectivity index (χ0v) is 11.5. The van der Waals surface area contributed by atoms with Crippen molar-refractivity contribution in [1.82, 2.24) is 0 Å². The van der Waals surface area contributed by atoms with Crippen molar-refractivity contribution in [3.05, 3.63) is 30.3 Å². The van der Waals surface area contributed by atoms with Crippen LogP contribution in [0.5, 0.6) is 0 Å². The summed E-state index contributed by atoms with van der Waals surface area (Å²) < 4.78 is 24.2. The largest absolute Gasteiger partial charge is 0.324 e. The number of hydrogen-bond donors (Lipinski definition) is 0. The fourth-order valence-corrected chi connectivity index (χ4v) is 6.52. The second-order valence-corrected chi connectivity index (χ2v) is 8.44. The first-order valence-electron chi connectivity index (χ1n) is 6.64. The highest BCUT2D eigenvalue weighted by Crippen LogP contribution is 2.58. The molecule has 2 saturated heterocycles. The van der Waals surface area contributed by atoms with Gasteiger partial charge in [0.1, 0.15) is 7.14 Å². The minimum Gasteiger partial charge on any atom is -0.324 e. The minimum atomic E-state index is -2.25. The molecule has 18 heavy (non-hydrogen) atoms. The van der Waals surface area contributed by atoms with Gasteiger partial charge in [-0.3, -0.25) is 0 Å². The number of hydrogen-bond acceptors (Lipinski definition) is 3. The molecular weight excluding hydrogens is 247 g/mol. The maximum absolute atomic E-state index is 13.2. The molecule has 2 heterocycles. The van der Waals surface area contributed by atoms with Crippen LogP contribution in [0.1, 0.15) is 26.2 Å². The van der Waals surface area contributed by atoms with Crippen molar-refractivity contribution >= 4 is 12.4 Å². The van der Waals surface area contributed by atoms with Gasteiger partial charge in [-0.1, -0.05) is 30.3 Å². The van der Waals surface area contributed by atoms with Crippen LogP contribution in [0, 0.1) is 0 Å². The van der Waals surface area contributed by atoms with Crippen molar-refractivity contribution in [2.45, 2.75) is 44.4 Å². The van der Waals surface area contributed by atoms with Gasteiger partial charge in [0.25, 0.3) is 0 Å². The third-order valence-electron chi connectivity index (χ3n) is 3.96. The molecule has 0 aliphatic carbocycles. The van der Waals surface area contributed by atoms with Gasteiger partial charge in [-0.25, -0.2) is 0 Å². The van der Waals surface area contributed by atoms with E-state index >= 15 is 0 Å². The number of rotatable bonds is 3. The second-order valence-electron chi connectivity index (χ2n) is 5.16. The Kier molecular flexibility index (Phi) is 3.31. The van der Waals surface area contributed by atoms with E-state index in [0.29, 0.717) is 0 Å². The molecule has 0 N–H and O–H groups in total. The van der Waals surface area contributed by atoms with Crippen molar-refractivity contribution in [3.63, 3.8) is 0 Å². The molecule has 0 bridgehead atoms.